The zero-order valence-corrected chi connectivity index (χ0v) is 10.4. The van der Waals surface area contributed by atoms with E-state index in [4.69, 9.17) is 4.74 Å². The molecule has 1 N–H and O–H groups in total. The topological polar surface area (TPSA) is 21.3 Å². The van der Waals surface area contributed by atoms with Crippen molar-refractivity contribution in [3.8, 4) is 0 Å². The van der Waals surface area contributed by atoms with Gasteiger partial charge in [0, 0.05) is 13.7 Å². The van der Waals surface area contributed by atoms with Crippen LogP contribution in [0.3, 0.4) is 0 Å². The molecule has 0 spiro atoms. The van der Waals surface area contributed by atoms with Crippen LogP contribution in [0.15, 0.2) is 0 Å². The van der Waals surface area contributed by atoms with E-state index in [1.807, 2.05) is 0 Å². The van der Waals surface area contributed by atoms with Crippen molar-refractivity contribution in [2.75, 3.05) is 26.8 Å². The summed E-state index contributed by atoms with van der Waals surface area (Å²) in [5.41, 5.74) is 0. The normalized spacial score (nSPS) is 19.6. The molecule has 2 nitrogen and oxygen atoms in total. The van der Waals surface area contributed by atoms with Crippen LogP contribution in [0.5, 0.6) is 0 Å². The van der Waals surface area contributed by atoms with Gasteiger partial charge in [0.25, 0.3) is 0 Å². The summed E-state index contributed by atoms with van der Waals surface area (Å²) in [6.45, 7) is 5.60. The fourth-order valence-electron chi connectivity index (χ4n) is 2.44. The van der Waals surface area contributed by atoms with E-state index in [1.165, 1.54) is 51.6 Å². The van der Waals surface area contributed by atoms with Crippen LogP contribution in [0.25, 0.3) is 0 Å². The minimum atomic E-state index is 0.798. The van der Waals surface area contributed by atoms with Crippen LogP contribution in [0.2, 0.25) is 0 Å². The molecule has 0 aliphatic heterocycles. The fourth-order valence-corrected chi connectivity index (χ4v) is 2.44. The Morgan fingerprint density at radius 1 is 1.33 bits per heavy atom. The summed E-state index contributed by atoms with van der Waals surface area (Å²) >= 11 is 0. The summed E-state index contributed by atoms with van der Waals surface area (Å²) in [6, 6.07) is 0. The van der Waals surface area contributed by atoms with Crippen LogP contribution >= 0.6 is 0 Å². The highest BCUT2D eigenvalue weighted by Crippen LogP contribution is 2.23. The summed E-state index contributed by atoms with van der Waals surface area (Å²) in [5, 5.41) is 3.63. The lowest BCUT2D eigenvalue weighted by atomic mass is 10.0. The Kier molecular flexibility index (Phi) is 7.03. The van der Waals surface area contributed by atoms with Gasteiger partial charge < -0.3 is 10.1 Å². The SMILES string of the molecule is CC[C@H](CCOC)CNCC1CCCC1. The van der Waals surface area contributed by atoms with Gasteiger partial charge in [-0.1, -0.05) is 26.2 Å². The first kappa shape index (κ1) is 13.0. The van der Waals surface area contributed by atoms with Gasteiger partial charge in [-0.15, -0.1) is 0 Å². The van der Waals surface area contributed by atoms with Crippen molar-refractivity contribution >= 4 is 0 Å². The van der Waals surface area contributed by atoms with Crippen molar-refractivity contribution in [1.82, 2.24) is 5.32 Å². The standard InChI is InChI=1S/C13H27NO/c1-3-12(8-9-15-2)10-14-11-13-6-4-5-7-13/h12-14H,3-11H2,1-2H3/t12-/m1/s1. The molecule has 0 bridgehead atoms. The molecule has 0 aromatic rings. The Balaban J connectivity index is 2.00. The summed E-state index contributed by atoms with van der Waals surface area (Å²) in [6.07, 6.45) is 8.26. The minimum Gasteiger partial charge on any atom is -0.385 e. The first-order chi connectivity index (χ1) is 7.36. The molecular weight excluding hydrogens is 186 g/mol. The molecule has 0 amide bonds. The van der Waals surface area contributed by atoms with Gasteiger partial charge >= 0.3 is 0 Å². The molecule has 1 atom stereocenters. The second-order valence-corrected chi connectivity index (χ2v) is 4.86. The Bertz CT molecular complexity index is 143. The van der Waals surface area contributed by atoms with Crippen molar-refractivity contribution in [2.45, 2.75) is 45.4 Å². The van der Waals surface area contributed by atoms with Gasteiger partial charge in [-0.25, -0.2) is 0 Å². The lowest BCUT2D eigenvalue weighted by Gasteiger charge is -2.17. The van der Waals surface area contributed by atoms with Gasteiger partial charge in [0.05, 0.1) is 0 Å². The predicted molar refractivity (Wildman–Crippen MR) is 65.1 cm³/mol. The highest BCUT2D eigenvalue weighted by molar-refractivity contribution is 4.70. The van der Waals surface area contributed by atoms with E-state index in [9.17, 15) is 0 Å². The van der Waals surface area contributed by atoms with Crippen molar-refractivity contribution in [2.24, 2.45) is 11.8 Å². The maximum Gasteiger partial charge on any atom is 0.0465 e. The molecule has 0 unspecified atom stereocenters. The third kappa shape index (κ3) is 5.53. The van der Waals surface area contributed by atoms with Gasteiger partial charge in [-0.05, 0) is 44.2 Å². The molecule has 1 aliphatic carbocycles. The molecular formula is C13H27NO. The number of nitrogens with one attached hydrogen (secondary N) is 1. The van der Waals surface area contributed by atoms with Gasteiger partial charge in [0.2, 0.25) is 0 Å². The third-order valence-corrected chi connectivity index (χ3v) is 3.65. The van der Waals surface area contributed by atoms with Gasteiger partial charge in [-0.3, -0.25) is 0 Å². The van der Waals surface area contributed by atoms with Crippen LogP contribution in [0.1, 0.15) is 45.4 Å². The number of hydrogen-bond donors (Lipinski definition) is 1. The van der Waals surface area contributed by atoms with E-state index in [-0.39, 0.29) is 0 Å². The van der Waals surface area contributed by atoms with Crippen molar-refractivity contribution in [1.29, 1.82) is 0 Å². The molecule has 1 fully saturated rings. The van der Waals surface area contributed by atoms with Gasteiger partial charge in [0.15, 0.2) is 0 Å². The zero-order valence-electron chi connectivity index (χ0n) is 10.4. The molecule has 90 valence electrons. The highest BCUT2D eigenvalue weighted by Gasteiger charge is 2.14. The predicted octanol–water partition coefficient (Wildman–Crippen LogP) is 2.83. The highest BCUT2D eigenvalue weighted by atomic mass is 16.5. The first-order valence-electron chi connectivity index (χ1n) is 6.56. The number of methoxy groups -OCH3 is 1. The molecule has 0 radical (unpaired) electrons. The Labute approximate surface area is 94.8 Å². The average molecular weight is 213 g/mol. The maximum absolute atomic E-state index is 5.13. The third-order valence-electron chi connectivity index (χ3n) is 3.65. The maximum atomic E-state index is 5.13. The van der Waals surface area contributed by atoms with Crippen LogP contribution < -0.4 is 5.32 Å². The van der Waals surface area contributed by atoms with Gasteiger partial charge in [0.1, 0.15) is 0 Å². The minimum absolute atomic E-state index is 0.798. The van der Waals surface area contributed by atoms with Crippen molar-refractivity contribution < 1.29 is 4.74 Å². The molecule has 2 heteroatoms. The summed E-state index contributed by atoms with van der Waals surface area (Å²) in [7, 11) is 1.79. The molecule has 1 saturated carbocycles. The van der Waals surface area contributed by atoms with Crippen LogP contribution in [0.4, 0.5) is 0 Å². The van der Waals surface area contributed by atoms with E-state index in [0.29, 0.717) is 0 Å². The zero-order chi connectivity index (χ0) is 10.9. The molecule has 15 heavy (non-hydrogen) atoms. The summed E-state index contributed by atoms with van der Waals surface area (Å²) < 4.78 is 5.13. The van der Waals surface area contributed by atoms with Crippen LogP contribution in [-0.4, -0.2) is 26.8 Å². The lowest BCUT2D eigenvalue weighted by molar-refractivity contribution is 0.175. The molecule has 0 saturated heterocycles. The smallest absolute Gasteiger partial charge is 0.0465 e. The summed E-state index contributed by atoms with van der Waals surface area (Å²) in [4.78, 5) is 0. The van der Waals surface area contributed by atoms with E-state index in [0.717, 1.165) is 18.4 Å². The Morgan fingerprint density at radius 3 is 2.67 bits per heavy atom. The average Bonchev–Trinajstić information content (AvgIpc) is 2.76. The second kappa shape index (κ2) is 8.12. The second-order valence-electron chi connectivity index (χ2n) is 4.86. The first-order valence-corrected chi connectivity index (χ1v) is 6.56. The van der Waals surface area contributed by atoms with Crippen LogP contribution in [-0.2, 0) is 4.74 Å². The van der Waals surface area contributed by atoms with Crippen molar-refractivity contribution in [3.05, 3.63) is 0 Å². The quantitative estimate of drug-likeness (QED) is 0.669. The largest absolute Gasteiger partial charge is 0.385 e. The number of hydrogen-bond acceptors (Lipinski definition) is 2. The summed E-state index contributed by atoms with van der Waals surface area (Å²) in [5.74, 6) is 1.76. The molecule has 0 aromatic heterocycles. The monoisotopic (exact) mass is 213 g/mol. The Morgan fingerprint density at radius 2 is 2.07 bits per heavy atom. The molecule has 0 aromatic carbocycles. The Hall–Kier alpha value is -0.0800. The van der Waals surface area contributed by atoms with E-state index in [2.05, 4.69) is 12.2 Å². The molecule has 1 rings (SSSR count). The lowest BCUT2D eigenvalue weighted by Crippen LogP contribution is -2.27. The molecule has 1 aliphatic rings. The van der Waals surface area contributed by atoms with Gasteiger partial charge in [-0.2, -0.15) is 0 Å². The van der Waals surface area contributed by atoms with Crippen LogP contribution in [0, 0.1) is 11.8 Å². The van der Waals surface area contributed by atoms with Crippen molar-refractivity contribution in [3.63, 3.8) is 0 Å². The van der Waals surface area contributed by atoms with E-state index >= 15 is 0 Å². The fraction of sp³-hybridized carbons (Fsp3) is 1.00. The van der Waals surface area contributed by atoms with E-state index < -0.39 is 0 Å². The number of ether oxygens (including phenoxy) is 1. The van der Waals surface area contributed by atoms with E-state index in [1.54, 1.807) is 7.11 Å². The number of rotatable bonds is 8. The molecule has 0 heterocycles.